The van der Waals surface area contributed by atoms with Crippen LogP contribution in [0.4, 0.5) is 4.39 Å². The van der Waals surface area contributed by atoms with Crippen molar-refractivity contribution in [3.8, 4) is 11.4 Å². The summed E-state index contributed by atoms with van der Waals surface area (Å²) in [5.41, 5.74) is 6.18. The summed E-state index contributed by atoms with van der Waals surface area (Å²) < 4.78 is 20.2. The van der Waals surface area contributed by atoms with Crippen LogP contribution in [0.15, 0.2) is 84.2 Å². The lowest BCUT2D eigenvalue weighted by Gasteiger charge is -2.07. The first kappa shape index (κ1) is 20.9. The van der Waals surface area contributed by atoms with Gasteiger partial charge < -0.3 is 4.74 Å². The molecular weight excluding hydrogens is 411 g/mol. The minimum absolute atomic E-state index is 0.289. The maximum Gasteiger partial charge on any atom is 0.271 e. The number of halogens is 1. The summed E-state index contributed by atoms with van der Waals surface area (Å²) in [6.07, 6.45) is 1.51. The van der Waals surface area contributed by atoms with Crippen LogP contribution in [0.3, 0.4) is 0 Å². The van der Waals surface area contributed by atoms with Crippen molar-refractivity contribution in [1.82, 2.24) is 25.6 Å². The van der Waals surface area contributed by atoms with Crippen LogP contribution in [0.25, 0.3) is 5.69 Å². The predicted octanol–water partition coefficient (Wildman–Crippen LogP) is 3.53. The average Bonchev–Trinajstić information content (AvgIpc) is 3.37. The van der Waals surface area contributed by atoms with E-state index in [9.17, 15) is 9.18 Å². The van der Waals surface area contributed by atoms with Crippen molar-refractivity contribution in [2.24, 2.45) is 5.10 Å². The third-order valence-electron chi connectivity index (χ3n) is 4.66. The summed E-state index contributed by atoms with van der Waals surface area (Å²) >= 11 is 0. The highest BCUT2D eigenvalue weighted by atomic mass is 19.1. The van der Waals surface area contributed by atoms with Crippen LogP contribution >= 0.6 is 0 Å². The van der Waals surface area contributed by atoms with E-state index in [4.69, 9.17) is 4.74 Å². The number of carbonyl (C=O) groups is 1. The van der Waals surface area contributed by atoms with Gasteiger partial charge in [0.25, 0.3) is 5.91 Å². The summed E-state index contributed by atoms with van der Waals surface area (Å²) in [6.45, 7) is 2.11. The van der Waals surface area contributed by atoms with E-state index in [0.717, 1.165) is 16.8 Å². The SMILES string of the molecule is CC(=NNC(=O)c1ccc(OCc2ccc(F)cc2)cc1)c1ccc(-n2cnnn2)cc1. The molecule has 4 rings (SSSR count). The van der Waals surface area contributed by atoms with Gasteiger partial charge in [0.15, 0.2) is 0 Å². The monoisotopic (exact) mass is 430 g/mol. The maximum atomic E-state index is 13.0. The minimum Gasteiger partial charge on any atom is -0.489 e. The van der Waals surface area contributed by atoms with E-state index in [1.54, 1.807) is 48.0 Å². The van der Waals surface area contributed by atoms with Crippen molar-refractivity contribution in [3.63, 3.8) is 0 Å². The predicted molar refractivity (Wildman–Crippen MR) is 116 cm³/mol. The third kappa shape index (κ3) is 5.20. The van der Waals surface area contributed by atoms with Crippen molar-refractivity contribution in [3.05, 3.63) is 102 Å². The van der Waals surface area contributed by atoms with Gasteiger partial charge >= 0.3 is 0 Å². The Labute approximate surface area is 183 Å². The molecule has 160 valence electrons. The zero-order valence-corrected chi connectivity index (χ0v) is 17.1. The molecule has 0 bridgehead atoms. The number of benzene rings is 3. The highest BCUT2D eigenvalue weighted by molar-refractivity contribution is 6.01. The van der Waals surface area contributed by atoms with Crippen molar-refractivity contribution < 1.29 is 13.9 Å². The highest BCUT2D eigenvalue weighted by Crippen LogP contribution is 2.15. The number of hydrogen-bond acceptors (Lipinski definition) is 6. The lowest BCUT2D eigenvalue weighted by molar-refractivity contribution is 0.0955. The Balaban J connectivity index is 1.32. The molecule has 0 aliphatic carbocycles. The molecule has 0 saturated heterocycles. The Morgan fingerprint density at radius 3 is 2.34 bits per heavy atom. The number of tetrazole rings is 1. The summed E-state index contributed by atoms with van der Waals surface area (Å²) in [4.78, 5) is 12.4. The molecule has 1 heterocycles. The Hall–Kier alpha value is -4.40. The molecule has 1 N–H and O–H groups in total. The van der Waals surface area contributed by atoms with E-state index in [-0.39, 0.29) is 11.7 Å². The average molecular weight is 430 g/mol. The Kier molecular flexibility index (Phi) is 6.26. The van der Waals surface area contributed by atoms with Gasteiger partial charge in [0.2, 0.25) is 0 Å². The fourth-order valence-corrected chi connectivity index (χ4v) is 2.85. The Morgan fingerprint density at radius 2 is 1.69 bits per heavy atom. The second kappa shape index (κ2) is 9.61. The Morgan fingerprint density at radius 1 is 1.00 bits per heavy atom. The number of nitrogens with zero attached hydrogens (tertiary/aromatic N) is 5. The second-order valence-corrected chi connectivity index (χ2v) is 6.88. The van der Waals surface area contributed by atoms with E-state index in [0.29, 0.717) is 23.6 Å². The molecule has 0 saturated carbocycles. The van der Waals surface area contributed by atoms with Crippen LogP contribution in [0.2, 0.25) is 0 Å². The summed E-state index contributed by atoms with van der Waals surface area (Å²) in [5, 5.41) is 15.2. The largest absolute Gasteiger partial charge is 0.489 e. The number of rotatable bonds is 7. The van der Waals surface area contributed by atoms with E-state index in [1.165, 1.54) is 18.5 Å². The zero-order chi connectivity index (χ0) is 22.3. The van der Waals surface area contributed by atoms with Crippen molar-refractivity contribution in [2.75, 3.05) is 0 Å². The second-order valence-electron chi connectivity index (χ2n) is 6.88. The molecule has 0 spiro atoms. The molecule has 0 aliphatic heterocycles. The molecule has 1 aromatic heterocycles. The van der Waals surface area contributed by atoms with Crippen LogP contribution in [-0.4, -0.2) is 31.8 Å². The Bertz CT molecular complexity index is 1210. The fourth-order valence-electron chi connectivity index (χ4n) is 2.85. The number of nitrogens with one attached hydrogen (secondary N) is 1. The van der Waals surface area contributed by atoms with Gasteiger partial charge in [-0.3, -0.25) is 4.79 Å². The van der Waals surface area contributed by atoms with Gasteiger partial charge in [0.05, 0.1) is 11.4 Å². The molecule has 8 nitrogen and oxygen atoms in total. The standard InChI is InChI=1S/C23H19FN6O2/c1-16(18-4-10-21(11-5-18)30-15-25-28-29-30)26-27-23(31)19-6-12-22(13-7-19)32-14-17-2-8-20(24)9-3-17/h2-13,15H,14H2,1H3,(H,27,31). The minimum atomic E-state index is -0.334. The first-order chi connectivity index (χ1) is 15.6. The highest BCUT2D eigenvalue weighted by Gasteiger charge is 2.06. The quantitative estimate of drug-likeness (QED) is 0.358. The number of aromatic nitrogens is 4. The first-order valence-corrected chi connectivity index (χ1v) is 9.74. The van der Waals surface area contributed by atoms with E-state index in [1.807, 2.05) is 24.3 Å². The summed E-state index contributed by atoms with van der Waals surface area (Å²) in [7, 11) is 0. The number of amides is 1. The van der Waals surface area contributed by atoms with E-state index >= 15 is 0 Å². The molecule has 32 heavy (non-hydrogen) atoms. The molecule has 9 heteroatoms. The summed E-state index contributed by atoms with van der Waals surface area (Å²) in [6, 6.07) is 20.3. The van der Waals surface area contributed by atoms with E-state index in [2.05, 4.69) is 26.1 Å². The van der Waals surface area contributed by atoms with Crippen molar-refractivity contribution in [1.29, 1.82) is 0 Å². The normalized spacial score (nSPS) is 11.2. The van der Waals surface area contributed by atoms with Gasteiger partial charge in [-0.15, -0.1) is 5.10 Å². The van der Waals surface area contributed by atoms with Crippen molar-refractivity contribution in [2.45, 2.75) is 13.5 Å². The van der Waals surface area contributed by atoms with E-state index < -0.39 is 0 Å². The van der Waals surface area contributed by atoms with Crippen LogP contribution in [-0.2, 0) is 6.61 Å². The fraction of sp³-hybridized carbons (Fsp3) is 0.0870. The molecular formula is C23H19FN6O2. The van der Waals surface area contributed by atoms with Crippen LogP contribution in [0.1, 0.15) is 28.4 Å². The number of ether oxygens (including phenoxy) is 1. The molecule has 3 aromatic carbocycles. The van der Waals surface area contributed by atoms with Gasteiger partial charge in [-0.2, -0.15) is 5.10 Å². The van der Waals surface area contributed by atoms with Crippen LogP contribution < -0.4 is 10.2 Å². The molecule has 0 atom stereocenters. The first-order valence-electron chi connectivity index (χ1n) is 9.74. The molecule has 0 unspecified atom stereocenters. The summed E-state index contributed by atoms with van der Waals surface area (Å²) in [5.74, 6) is -0.0173. The van der Waals surface area contributed by atoms with Crippen molar-refractivity contribution >= 4 is 11.6 Å². The molecule has 1 amide bonds. The van der Waals surface area contributed by atoms with Gasteiger partial charge in [-0.25, -0.2) is 14.5 Å². The lowest BCUT2D eigenvalue weighted by Crippen LogP contribution is -2.19. The molecule has 0 fully saturated rings. The van der Waals surface area contributed by atoms with Crippen LogP contribution in [0, 0.1) is 5.82 Å². The molecule has 4 aromatic rings. The molecule has 0 radical (unpaired) electrons. The lowest BCUT2D eigenvalue weighted by atomic mass is 10.1. The number of carbonyl (C=O) groups excluding carboxylic acids is 1. The van der Waals surface area contributed by atoms with Gasteiger partial charge in [0.1, 0.15) is 24.5 Å². The van der Waals surface area contributed by atoms with Gasteiger partial charge in [0, 0.05) is 5.56 Å². The molecule has 0 aliphatic rings. The smallest absolute Gasteiger partial charge is 0.271 e. The zero-order valence-electron chi connectivity index (χ0n) is 17.1. The topological polar surface area (TPSA) is 94.3 Å². The van der Waals surface area contributed by atoms with Crippen LogP contribution in [0.5, 0.6) is 5.75 Å². The van der Waals surface area contributed by atoms with Gasteiger partial charge in [-0.1, -0.05) is 24.3 Å². The number of hydrazone groups is 1. The number of hydrogen-bond donors (Lipinski definition) is 1. The van der Waals surface area contributed by atoms with Gasteiger partial charge in [-0.05, 0) is 77.0 Å². The third-order valence-corrected chi connectivity index (χ3v) is 4.66. The maximum absolute atomic E-state index is 13.0.